The quantitative estimate of drug-likeness (QED) is 0.900. The van der Waals surface area contributed by atoms with Crippen LogP contribution >= 0.6 is 0 Å². The summed E-state index contributed by atoms with van der Waals surface area (Å²) in [7, 11) is 0. The molecule has 0 radical (unpaired) electrons. The van der Waals surface area contributed by atoms with E-state index in [4.69, 9.17) is 10.8 Å². The van der Waals surface area contributed by atoms with Crippen LogP contribution in [0, 0.1) is 5.92 Å². The second-order valence-electron chi connectivity index (χ2n) is 5.52. The number of nitrogens with two attached hydrogens (primary N) is 1. The SMILES string of the molecule is N[C@@H]1CCC(CC(=O)O)C[C@H]1c1ccc(C(F)(F)F)nc1. The van der Waals surface area contributed by atoms with Crippen LogP contribution < -0.4 is 5.73 Å². The van der Waals surface area contributed by atoms with Gasteiger partial charge in [0, 0.05) is 24.6 Å². The van der Waals surface area contributed by atoms with Gasteiger partial charge in [-0.2, -0.15) is 13.2 Å². The lowest BCUT2D eigenvalue weighted by Crippen LogP contribution is -2.35. The maximum atomic E-state index is 12.5. The zero-order valence-electron chi connectivity index (χ0n) is 11.3. The highest BCUT2D eigenvalue weighted by atomic mass is 19.4. The fraction of sp³-hybridized carbons (Fsp3) is 0.571. The summed E-state index contributed by atoms with van der Waals surface area (Å²) in [5.74, 6) is -0.993. The van der Waals surface area contributed by atoms with Gasteiger partial charge in [-0.1, -0.05) is 6.07 Å². The summed E-state index contributed by atoms with van der Waals surface area (Å²) in [6.45, 7) is 0. The van der Waals surface area contributed by atoms with E-state index in [9.17, 15) is 18.0 Å². The minimum absolute atomic E-state index is 0.00888. The van der Waals surface area contributed by atoms with E-state index < -0.39 is 17.8 Å². The number of hydrogen-bond donors (Lipinski definition) is 2. The average molecular weight is 302 g/mol. The van der Waals surface area contributed by atoms with Gasteiger partial charge in [-0.05, 0) is 36.8 Å². The molecule has 0 spiro atoms. The van der Waals surface area contributed by atoms with Crippen molar-refractivity contribution in [1.82, 2.24) is 4.98 Å². The summed E-state index contributed by atoms with van der Waals surface area (Å²) < 4.78 is 37.5. The standard InChI is InChI=1S/C14H17F3N2O2/c15-14(16,17)12-4-2-9(7-19-12)10-5-8(6-13(20)21)1-3-11(10)18/h2,4,7-8,10-11H,1,3,5-6,18H2,(H,20,21)/t8?,10-,11+/m0/s1. The van der Waals surface area contributed by atoms with Crippen molar-refractivity contribution in [2.24, 2.45) is 11.7 Å². The normalized spacial score (nSPS) is 26.6. The molecule has 3 N–H and O–H groups in total. The van der Waals surface area contributed by atoms with Gasteiger partial charge in [0.05, 0.1) is 0 Å². The third-order valence-corrected chi connectivity index (χ3v) is 3.98. The fourth-order valence-electron chi connectivity index (χ4n) is 2.89. The van der Waals surface area contributed by atoms with Crippen molar-refractivity contribution >= 4 is 5.97 Å². The number of aromatic nitrogens is 1. The Balaban J connectivity index is 2.13. The molecule has 1 aromatic rings. The first-order valence-corrected chi connectivity index (χ1v) is 6.78. The van der Waals surface area contributed by atoms with Crippen LogP contribution in [0.5, 0.6) is 0 Å². The molecule has 1 heterocycles. The Kier molecular flexibility index (Phi) is 4.51. The van der Waals surface area contributed by atoms with Crippen LogP contribution in [0.25, 0.3) is 0 Å². The summed E-state index contributed by atoms with van der Waals surface area (Å²) >= 11 is 0. The van der Waals surface area contributed by atoms with E-state index in [0.29, 0.717) is 18.4 Å². The van der Waals surface area contributed by atoms with Crippen LogP contribution in [0.3, 0.4) is 0 Å². The smallest absolute Gasteiger partial charge is 0.433 e. The van der Waals surface area contributed by atoms with Crippen molar-refractivity contribution in [3.8, 4) is 0 Å². The molecule has 0 saturated heterocycles. The van der Waals surface area contributed by atoms with Crippen molar-refractivity contribution in [3.05, 3.63) is 29.6 Å². The number of rotatable bonds is 3. The van der Waals surface area contributed by atoms with Gasteiger partial charge in [-0.3, -0.25) is 9.78 Å². The van der Waals surface area contributed by atoms with Crippen LogP contribution in [0.1, 0.15) is 42.9 Å². The number of halogens is 3. The number of hydrogen-bond acceptors (Lipinski definition) is 3. The van der Waals surface area contributed by atoms with Crippen LogP contribution in [-0.2, 0) is 11.0 Å². The fourth-order valence-corrected chi connectivity index (χ4v) is 2.89. The first kappa shape index (κ1) is 15.8. The van der Waals surface area contributed by atoms with Gasteiger partial charge >= 0.3 is 12.1 Å². The molecule has 0 bridgehead atoms. The molecule has 4 nitrogen and oxygen atoms in total. The molecule has 0 aliphatic heterocycles. The van der Waals surface area contributed by atoms with Crippen molar-refractivity contribution in [2.45, 2.75) is 43.8 Å². The Morgan fingerprint density at radius 2 is 2.10 bits per heavy atom. The maximum Gasteiger partial charge on any atom is 0.433 e. The number of aliphatic carboxylic acids is 1. The minimum Gasteiger partial charge on any atom is -0.481 e. The minimum atomic E-state index is -4.46. The Labute approximate surface area is 120 Å². The Bertz CT molecular complexity index is 502. The lowest BCUT2D eigenvalue weighted by atomic mass is 9.74. The number of carbonyl (C=O) groups is 1. The maximum absolute atomic E-state index is 12.5. The monoisotopic (exact) mass is 302 g/mol. The first-order chi connectivity index (χ1) is 9.77. The van der Waals surface area contributed by atoms with Gasteiger partial charge in [0.1, 0.15) is 5.69 Å². The average Bonchev–Trinajstić information content (AvgIpc) is 2.39. The molecular weight excluding hydrogens is 285 g/mol. The highest BCUT2D eigenvalue weighted by Gasteiger charge is 2.34. The van der Waals surface area contributed by atoms with E-state index in [-0.39, 0.29) is 24.3 Å². The highest BCUT2D eigenvalue weighted by Crippen LogP contribution is 2.37. The highest BCUT2D eigenvalue weighted by molar-refractivity contribution is 5.67. The van der Waals surface area contributed by atoms with Gasteiger partial charge in [-0.15, -0.1) is 0 Å². The molecule has 1 saturated carbocycles. The Morgan fingerprint density at radius 1 is 1.38 bits per heavy atom. The molecule has 7 heteroatoms. The largest absolute Gasteiger partial charge is 0.481 e. The second kappa shape index (κ2) is 6.01. The van der Waals surface area contributed by atoms with Crippen molar-refractivity contribution < 1.29 is 23.1 Å². The van der Waals surface area contributed by atoms with E-state index in [2.05, 4.69) is 4.98 Å². The molecule has 1 unspecified atom stereocenters. The zero-order chi connectivity index (χ0) is 15.6. The predicted molar refractivity (Wildman–Crippen MR) is 69.5 cm³/mol. The molecule has 3 atom stereocenters. The van der Waals surface area contributed by atoms with Gasteiger partial charge in [0.2, 0.25) is 0 Å². The number of carboxylic acid groups (broad SMARTS) is 1. The third kappa shape index (κ3) is 3.93. The van der Waals surface area contributed by atoms with Crippen molar-refractivity contribution in [2.75, 3.05) is 0 Å². The molecule has 2 rings (SSSR count). The molecule has 0 aromatic carbocycles. The van der Waals surface area contributed by atoms with Crippen LogP contribution in [0.15, 0.2) is 18.3 Å². The number of alkyl halides is 3. The molecule has 116 valence electrons. The summed E-state index contributed by atoms with van der Waals surface area (Å²) in [4.78, 5) is 14.2. The van der Waals surface area contributed by atoms with E-state index in [1.165, 1.54) is 12.3 Å². The van der Waals surface area contributed by atoms with Gasteiger partial charge < -0.3 is 10.8 Å². The molecular formula is C14H17F3N2O2. The van der Waals surface area contributed by atoms with Crippen LogP contribution in [0.4, 0.5) is 13.2 Å². The molecule has 1 aromatic heterocycles. The number of carboxylic acids is 1. The lowest BCUT2D eigenvalue weighted by Gasteiger charge is -2.33. The van der Waals surface area contributed by atoms with E-state index in [0.717, 1.165) is 12.5 Å². The summed E-state index contributed by atoms with van der Waals surface area (Å²) in [6, 6.07) is 2.17. The molecule has 0 amide bonds. The van der Waals surface area contributed by atoms with Crippen molar-refractivity contribution in [3.63, 3.8) is 0 Å². The summed E-state index contributed by atoms with van der Waals surface area (Å²) in [5.41, 5.74) is 5.74. The first-order valence-electron chi connectivity index (χ1n) is 6.78. The van der Waals surface area contributed by atoms with E-state index >= 15 is 0 Å². The molecule has 1 aliphatic rings. The van der Waals surface area contributed by atoms with Gasteiger partial charge in [0.15, 0.2) is 0 Å². The van der Waals surface area contributed by atoms with Crippen LogP contribution in [0.2, 0.25) is 0 Å². The lowest BCUT2D eigenvalue weighted by molar-refractivity contribution is -0.141. The molecule has 1 aliphatic carbocycles. The van der Waals surface area contributed by atoms with Crippen molar-refractivity contribution in [1.29, 1.82) is 0 Å². The summed E-state index contributed by atoms with van der Waals surface area (Å²) in [5, 5.41) is 8.85. The topological polar surface area (TPSA) is 76.2 Å². The van der Waals surface area contributed by atoms with E-state index in [1.807, 2.05) is 0 Å². The number of pyridine rings is 1. The Morgan fingerprint density at radius 3 is 2.62 bits per heavy atom. The Hall–Kier alpha value is -1.63. The molecule has 1 fully saturated rings. The summed E-state index contributed by atoms with van der Waals surface area (Å²) in [6.07, 6.45) is -1.21. The zero-order valence-corrected chi connectivity index (χ0v) is 11.3. The van der Waals surface area contributed by atoms with E-state index in [1.54, 1.807) is 0 Å². The van der Waals surface area contributed by atoms with Gasteiger partial charge in [-0.25, -0.2) is 0 Å². The van der Waals surface area contributed by atoms with Crippen LogP contribution in [-0.4, -0.2) is 22.1 Å². The van der Waals surface area contributed by atoms with Gasteiger partial charge in [0.25, 0.3) is 0 Å². The number of nitrogens with zero attached hydrogens (tertiary/aromatic N) is 1. The molecule has 21 heavy (non-hydrogen) atoms. The third-order valence-electron chi connectivity index (χ3n) is 3.98. The second-order valence-corrected chi connectivity index (χ2v) is 5.52. The predicted octanol–water partition coefficient (Wildman–Crippen LogP) is 2.79.